The summed E-state index contributed by atoms with van der Waals surface area (Å²) < 4.78 is 6.42. The number of carbonyl (C=O) groups excluding carboxylic acids is 1. The van der Waals surface area contributed by atoms with Crippen LogP contribution in [0.4, 0.5) is 0 Å². The molecule has 2 saturated heterocycles. The van der Waals surface area contributed by atoms with Crippen molar-refractivity contribution in [3.05, 3.63) is 21.3 Å². The highest BCUT2D eigenvalue weighted by Gasteiger charge is 2.52. The first-order chi connectivity index (χ1) is 10.3. The molecule has 0 unspecified atom stereocenters. The van der Waals surface area contributed by atoms with Crippen LogP contribution in [0.2, 0.25) is 4.34 Å². The maximum Gasteiger partial charge on any atom is 0.263 e. The molecule has 2 fully saturated rings. The Bertz CT molecular complexity index is 566. The van der Waals surface area contributed by atoms with Gasteiger partial charge >= 0.3 is 0 Å². The average molecular weight is 346 g/mol. The van der Waals surface area contributed by atoms with Crippen LogP contribution in [0.3, 0.4) is 0 Å². The van der Waals surface area contributed by atoms with Crippen molar-refractivity contribution < 1.29 is 19.7 Å². The van der Waals surface area contributed by atoms with Crippen LogP contribution in [-0.2, 0) is 4.74 Å². The van der Waals surface area contributed by atoms with Crippen molar-refractivity contribution in [1.29, 1.82) is 0 Å². The molecule has 2 aliphatic heterocycles. The van der Waals surface area contributed by atoms with E-state index in [1.165, 1.54) is 11.3 Å². The molecule has 1 aromatic rings. The van der Waals surface area contributed by atoms with E-state index < -0.39 is 17.3 Å². The molecule has 2 aliphatic rings. The fraction of sp³-hybridized carbons (Fsp3) is 0.667. The third-order valence-electron chi connectivity index (χ3n) is 4.77. The van der Waals surface area contributed by atoms with E-state index in [9.17, 15) is 15.0 Å². The fourth-order valence-corrected chi connectivity index (χ4v) is 4.35. The van der Waals surface area contributed by atoms with Crippen LogP contribution >= 0.6 is 22.9 Å². The van der Waals surface area contributed by atoms with Crippen LogP contribution in [0.5, 0.6) is 0 Å². The molecule has 3 rings (SSSR count). The van der Waals surface area contributed by atoms with Gasteiger partial charge in [0, 0.05) is 19.5 Å². The van der Waals surface area contributed by atoms with Crippen molar-refractivity contribution in [1.82, 2.24) is 4.90 Å². The summed E-state index contributed by atoms with van der Waals surface area (Å²) in [6.45, 7) is 3.08. The number of halogens is 1. The molecule has 1 aromatic heterocycles. The Balaban J connectivity index is 1.68. The van der Waals surface area contributed by atoms with Gasteiger partial charge < -0.3 is 19.8 Å². The van der Waals surface area contributed by atoms with Gasteiger partial charge in [-0.3, -0.25) is 4.79 Å². The van der Waals surface area contributed by atoms with Gasteiger partial charge in [-0.15, -0.1) is 11.3 Å². The van der Waals surface area contributed by atoms with Gasteiger partial charge in [0.25, 0.3) is 5.91 Å². The number of hydrogen-bond acceptors (Lipinski definition) is 5. The molecule has 1 amide bonds. The van der Waals surface area contributed by atoms with Gasteiger partial charge in [-0.2, -0.15) is 0 Å². The predicted molar refractivity (Wildman–Crippen MR) is 84.4 cm³/mol. The Morgan fingerprint density at radius 3 is 2.68 bits per heavy atom. The minimum absolute atomic E-state index is 0.0381. The number of hydrogen-bond donors (Lipinski definition) is 2. The summed E-state index contributed by atoms with van der Waals surface area (Å²) in [5, 5.41) is 20.8. The number of aliphatic hydroxyl groups is 2. The monoisotopic (exact) mass is 345 g/mol. The van der Waals surface area contributed by atoms with Crippen LogP contribution in [0, 0.1) is 0 Å². The van der Waals surface area contributed by atoms with Crippen molar-refractivity contribution in [2.24, 2.45) is 0 Å². The van der Waals surface area contributed by atoms with Gasteiger partial charge in [-0.1, -0.05) is 11.6 Å². The van der Waals surface area contributed by atoms with Gasteiger partial charge in [-0.05, 0) is 31.9 Å². The van der Waals surface area contributed by atoms with E-state index in [1.807, 2.05) is 0 Å². The molecule has 0 bridgehead atoms. The van der Waals surface area contributed by atoms with Crippen molar-refractivity contribution in [2.45, 2.75) is 43.5 Å². The summed E-state index contributed by atoms with van der Waals surface area (Å²) in [4.78, 5) is 14.8. The Hall–Kier alpha value is -0.660. The molecule has 5 nitrogen and oxygen atoms in total. The van der Waals surface area contributed by atoms with E-state index in [-0.39, 0.29) is 5.91 Å². The number of ether oxygens (including phenoxy) is 1. The second-order valence-electron chi connectivity index (χ2n) is 6.32. The lowest BCUT2D eigenvalue weighted by molar-refractivity contribution is -0.244. The van der Waals surface area contributed by atoms with E-state index in [0.29, 0.717) is 48.2 Å². The van der Waals surface area contributed by atoms with Gasteiger partial charge in [0.05, 0.1) is 21.4 Å². The second-order valence-corrected chi connectivity index (χ2v) is 8.03. The first-order valence-electron chi connectivity index (χ1n) is 7.43. The highest BCUT2D eigenvalue weighted by atomic mass is 35.5. The smallest absolute Gasteiger partial charge is 0.263 e. The number of nitrogens with zero attached hydrogens (tertiary/aromatic N) is 1. The predicted octanol–water partition coefficient (Wildman–Crippen LogP) is 1.91. The number of carbonyl (C=O) groups is 1. The fourth-order valence-electron chi connectivity index (χ4n) is 3.33. The SMILES string of the molecule is C[C@@]1(O)CCOC2(CCN(C(=O)c3ccc(Cl)s3)CC2)[C@H]1O. The maximum absolute atomic E-state index is 12.4. The molecule has 1 spiro atoms. The van der Waals surface area contributed by atoms with Crippen LogP contribution in [0.25, 0.3) is 0 Å². The Morgan fingerprint density at radius 1 is 1.41 bits per heavy atom. The summed E-state index contributed by atoms with van der Waals surface area (Å²) in [5.74, 6) is -0.0381. The van der Waals surface area contributed by atoms with E-state index >= 15 is 0 Å². The highest BCUT2D eigenvalue weighted by Crippen LogP contribution is 2.40. The largest absolute Gasteiger partial charge is 0.387 e. The molecular weight excluding hydrogens is 326 g/mol. The zero-order valence-corrected chi connectivity index (χ0v) is 14.0. The number of amides is 1. The molecule has 2 N–H and O–H groups in total. The Labute approximate surface area is 138 Å². The zero-order chi connectivity index (χ0) is 16.0. The van der Waals surface area contributed by atoms with E-state index in [0.717, 1.165) is 0 Å². The topological polar surface area (TPSA) is 70.0 Å². The third kappa shape index (κ3) is 2.78. The van der Waals surface area contributed by atoms with E-state index in [1.54, 1.807) is 24.0 Å². The minimum atomic E-state index is -1.13. The standard InChI is InChI=1S/C15H20ClNO4S/c1-14(20)6-9-21-15(13(14)19)4-7-17(8-5-15)12(18)10-2-3-11(16)22-10/h2-3,13,19-20H,4-9H2,1H3/t13-,14+/m0/s1. The van der Waals surface area contributed by atoms with Crippen LogP contribution < -0.4 is 0 Å². The Morgan fingerprint density at radius 2 is 2.09 bits per heavy atom. The highest BCUT2D eigenvalue weighted by molar-refractivity contribution is 7.17. The molecule has 0 radical (unpaired) electrons. The van der Waals surface area contributed by atoms with Gasteiger partial charge in [-0.25, -0.2) is 0 Å². The molecule has 0 saturated carbocycles. The summed E-state index contributed by atoms with van der Waals surface area (Å²) in [7, 11) is 0. The van der Waals surface area contributed by atoms with Crippen LogP contribution in [0.1, 0.15) is 35.9 Å². The average Bonchev–Trinajstić information content (AvgIpc) is 2.91. The van der Waals surface area contributed by atoms with Crippen molar-refractivity contribution in [3.8, 4) is 0 Å². The molecule has 0 aromatic carbocycles. The second kappa shape index (κ2) is 5.76. The van der Waals surface area contributed by atoms with E-state index in [4.69, 9.17) is 16.3 Å². The lowest BCUT2D eigenvalue weighted by Gasteiger charge is -2.51. The normalized spacial score (nSPS) is 31.5. The molecule has 0 aliphatic carbocycles. The molecule has 2 atom stereocenters. The third-order valence-corrected chi connectivity index (χ3v) is 5.99. The number of aliphatic hydroxyl groups excluding tert-OH is 1. The summed E-state index contributed by atoms with van der Waals surface area (Å²) in [6.07, 6.45) is 0.540. The molecular formula is C15H20ClNO4S. The summed E-state index contributed by atoms with van der Waals surface area (Å²) in [5.41, 5.74) is -1.88. The van der Waals surface area contributed by atoms with Crippen LogP contribution in [0.15, 0.2) is 12.1 Å². The Kier molecular flexibility index (Phi) is 4.24. The number of rotatable bonds is 1. The van der Waals surface area contributed by atoms with Gasteiger partial charge in [0.1, 0.15) is 11.7 Å². The van der Waals surface area contributed by atoms with Crippen molar-refractivity contribution in [3.63, 3.8) is 0 Å². The van der Waals surface area contributed by atoms with Gasteiger partial charge in [0.15, 0.2) is 0 Å². The van der Waals surface area contributed by atoms with Crippen molar-refractivity contribution >= 4 is 28.8 Å². The minimum Gasteiger partial charge on any atom is -0.387 e. The number of likely N-dealkylation sites (tertiary alicyclic amines) is 1. The summed E-state index contributed by atoms with van der Waals surface area (Å²) >= 11 is 7.15. The number of thiophene rings is 1. The lowest BCUT2D eigenvalue weighted by atomic mass is 9.75. The van der Waals surface area contributed by atoms with Gasteiger partial charge in [0.2, 0.25) is 0 Å². The molecule has 122 valence electrons. The van der Waals surface area contributed by atoms with Crippen molar-refractivity contribution in [2.75, 3.05) is 19.7 Å². The first kappa shape index (κ1) is 16.2. The first-order valence-corrected chi connectivity index (χ1v) is 8.63. The van der Waals surface area contributed by atoms with E-state index in [2.05, 4.69) is 0 Å². The van der Waals surface area contributed by atoms with Crippen LogP contribution in [-0.4, -0.2) is 58.0 Å². The molecule has 3 heterocycles. The number of piperidine rings is 1. The molecule has 22 heavy (non-hydrogen) atoms. The quantitative estimate of drug-likeness (QED) is 0.815. The summed E-state index contributed by atoms with van der Waals surface area (Å²) in [6, 6.07) is 3.45. The zero-order valence-electron chi connectivity index (χ0n) is 12.4. The lowest BCUT2D eigenvalue weighted by Crippen LogP contribution is -2.64. The molecule has 7 heteroatoms. The maximum atomic E-state index is 12.4.